The highest BCUT2D eigenvalue weighted by atomic mass is 79.9. The van der Waals surface area contributed by atoms with Crippen LogP contribution in [-0.4, -0.2) is 13.0 Å². The van der Waals surface area contributed by atoms with Crippen LogP contribution in [0.2, 0.25) is 0 Å². The molecule has 4 rings (SSSR count). The quantitative estimate of drug-likeness (QED) is 0.279. The molecule has 0 heterocycles. The smallest absolute Gasteiger partial charge is 0.259 e. The Bertz CT molecular complexity index is 1230. The van der Waals surface area contributed by atoms with E-state index in [1.165, 1.54) is 0 Å². The molecule has 5 nitrogen and oxygen atoms in total. The number of amides is 1. The molecule has 0 aromatic heterocycles. The molecule has 0 fully saturated rings. The summed E-state index contributed by atoms with van der Waals surface area (Å²) >= 11 is 3.44. The highest BCUT2D eigenvalue weighted by Crippen LogP contribution is 2.31. The summed E-state index contributed by atoms with van der Waals surface area (Å²) in [5.74, 6) is 2.14. The Hall–Kier alpha value is -3.77. The zero-order valence-electron chi connectivity index (χ0n) is 18.0. The van der Waals surface area contributed by atoms with Crippen LogP contribution in [0.5, 0.6) is 23.0 Å². The lowest BCUT2D eigenvalue weighted by atomic mass is 10.1. The fourth-order valence-corrected chi connectivity index (χ4v) is 3.54. The van der Waals surface area contributed by atoms with E-state index in [0.717, 1.165) is 10.0 Å². The van der Waals surface area contributed by atoms with Crippen molar-refractivity contribution in [3.05, 3.63) is 113 Å². The van der Waals surface area contributed by atoms with E-state index >= 15 is 0 Å². The fraction of sp³-hybridized carbons (Fsp3) is 0.0741. The van der Waals surface area contributed by atoms with Gasteiger partial charge < -0.3 is 19.5 Å². The molecule has 166 valence electrons. The Labute approximate surface area is 201 Å². The van der Waals surface area contributed by atoms with Crippen molar-refractivity contribution < 1.29 is 19.0 Å². The number of halogens is 1. The van der Waals surface area contributed by atoms with Crippen LogP contribution in [-0.2, 0) is 6.61 Å². The summed E-state index contributed by atoms with van der Waals surface area (Å²) in [5.41, 5.74) is 2.11. The van der Waals surface area contributed by atoms with Crippen LogP contribution in [0, 0.1) is 0 Å². The molecule has 0 unspecified atom stereocenters. The number of carbonyl (C=O) groups excluding carboxylic acids is 1. The number of rotatable bonds is 8. The molecule has 0 bridgehead atoms. The minimum atomic E-state index is -0.266. The lowest BCUT2D eigenvalue weighted by molar-refractivity contribution is 0.102. The average molecular weight is 504 g/mol. The maximum absolute atomic E-state index is 13.0. The molecule has 4 aromatic carbocycles. The zero-order chi connectivity index (χ0) is 23.0. The first kappa shape index (κ1) is 22.4. The topological polar surface area (TPSA) is 56.8 Å². The van der Waals surface area contributed by atoms with Crippen LogP contribution in [0.4, 0.5) is 5.69 Å². The van der Waals surface area contributed by atoms with Gasteiger partial charge in [-0.25, -0.2) is 0 Å². The molecule has 33 heavy (non-hydrogen) atoms. The van der Waals surface area contributed by atoms with Crippen LogP contribution in [0.1, 0.15) is 15.9 Å². The third-order valence-electron chi connectivity index (χ3n) is 4.83. The van der Waals surface area contributed by atoms with E-state index in [-0.39, 0.29) is 5.91 Å². The second kappa shape index (κ2) is 10.7. The van der Waals surface area contributed by atoms with Crippen molar-refractivity contribution >= 4 is 27.5 Å². The van der Waals surface area contributed by atoms with E-state index in [4.69, 9.17) is 14.2 Å². The second-order valence-electron chi connectivity index (χ2n) is 7.15. The predicted octanol–water partition coefficient (Wildman–Crippen LogP) is 7.08. The molecule has 0 aliphatic heterocycles. The van der Waals surface area contributed by atoms with Crippen LogP contribution in [0.15, 0.2) is 102 Å². The maximum Gasteiger partial charge on any atom is 0.259 e. The van der Waals surface area contributed by atoms with Crippen LogP contribution in [0.3, 0.4) is 0 Å². The molecule has 0 aliphatic carbocycles. The number of para-hydroxylation sites is 2. The highest BCUT2D eigenvalue weighted by Gasteiger charge is 2.14. The minimum Gasteiger partial charge on any atom is -0.493 e. The predicted molar refractivity (Wildman–Crippen MR) is 132 cm³/mol. The largest absolute Gasteiger partial charge is 0.493 e. The molecule has 1 amide bonds. The summed E-state index contributed by atoms with van der Waals surface area (Å²) in [7, 11) is 1.60. The van der Waals surface area contributed by atoms with Crippen molar-refractivity contribution in [1.82, 2.24) is 0 Å². The second-order valence-corrected chi connectivity index (χ2v) is 8.06. The van der Waals surface area contributed by atoms with Crippen molar-refractivity contribution in [2.24, 2.45) is 0 Å². The minimum absolute atomic E-state index is 0.266. The normalized spacial score (nSPS) is 10.4. The molecule has 6 heteroatoms. The molecule has 0 atom stereocenters. The lowest BCUT2D eigenvalue weighted by Gasteiger charge is -2.13. The molecular weight excluding hydrogens is 482 g/mol. The van der Waals surface area contributed by atoms with Gasteiger partial charge in [0.25, 0.3) is 5.91 Å². The van der Waals surface area contributed by atoms with Gasteiger partial charge in [0.05, 0.1) is 12.7 Å². The number of benzene rings is 4. The Morgan fingerprint density at radius 1 is 0.818 bits per heavy atom. The molecule has 0 radical (unpaired) electrons. The van der Waals surface area contributed by atoms with Gasteiger partial charge in [-0.3, -0.25) is 4.79 Å². The van der Waals surface area contributed by atoms with E-state index in [9.17, 15) is 4.79 Å². The number of hydrogen-bond donors (Lipinski definition) is 1. The van der Waals surface area contributed by atoms with Gasteiger partial charge in [-0.05, 0) is 60.2 Å². The average Bonchev–Trinajstić information content (AvgIpc) is 2.85. The lowest BCUT2D eigenvalue weighted by Crippen LogP contribution is -2.13. The summed E-state index contributed by atoms with van der Waals surface area (Å²) < 4.78 is 17.9. The molecule has 0 saturated heterocycles. The van der Waals surface area contributed by atoms with E-state index in [1.54, 1.807) is 43.5 Å². The van der Waals surface area contributed by atoms with Gasteiger partial charge in [-0.1, -0.05) is 58.4 Å². The Kier molecular flexibility index (Phi) is 7.27. The van der Waals surface area contributed by atoms with Gasteiger partial charge >= 0.3 is 0 Å². The Balaban J connectivity index is 1.45. The standard InChI is InChI=1S/C27H22BrNO4/c1-31-25-9-5-6-10-26(25)33-22-14-12-21(13-15-22)29-27(30)23-17-20(28)11-16-24(23)32-18-19-7-3-2-4-8-19/h2-17H,18H2,1H3,(H,29,30). The van der Waals surface area contributed by atoms with Crippen molar-refractivity contribution in [2.75, 3.05) is 12.4 Å². The molecular formula is C27H22BrNO4. The Morgan fingerprint density at radius 2 is 1.52 bits per heavy atom. The van der Waals surface area contributed by atoms with Crippen molar-refractivity contribution in [3.63, 3.8) is 0 Å². The molecule has 0 aliphatic rings. The van der Waals surface area contributed by atoms with Gasteiger partial charge in [0.2, 0.25) is 0 Å². The summed E-state index contributed by atoms with van der Waals surface area (Å²) in [4.78, 5) is 13.0. The molecule has 4 aromatic rings. The zero-order valence-corrected chi connectivity index (χ0v) is 19.5. The van der Waals surface area contributed by atoms with E-state index < -0.39 is 0 Å². The third kappa shape index (κ3) is 5.93. The first-order valence-electron chi connectivity index (χ1n) is 10.3. The van der Waals surface area contributed by atoms with Crippen LogP contribution in [0.25, 0.3) is 0 Å². The van der Waals surface area contributed by atoms with Gasteiger partial charge in [-0.15, -0.1) is 0 Å². The third-order valence-corrected chi connectivity index (χ3v) is 5.33. The number of nitrogens with one attached hydrogen (secondary N) is 1. The molecule has 0 saturated carbocycles. The van der Waals surface area contributed by atoms with Crippen molar-refractivity contribution in [1.29, 1.82) is 0 Å². The SMILES string of the molecule is COc1ccccc1Oc1ccc(NC(=O)c2cc(Br)ccc2OCc2ccccc2)cc1. The van der Waals surface area contributed by atoms with Crippen molar-refractivity contribution in [2.45, 2.75) is 6.61 Å². The molecule has 0 spiro atoms. The van der Waals surface area contributed by atoms with Gasteiger partial charge in [-0.2, -0.15) is 0 Å². The monoisotopic (exact) mass is 503 g/mol. The first-order valence-corrected chi connectivity index (χ1v) is 11.1. The number of anilines is 1. The van der Waals surface area contributed by atoms with Gasteiger partial charge in [0.1, 0.15) is 18.1 Å². The molecule has 1 N–H and O–H groups in total. The number of carbonyl (C=O) groups is 1. The number of hydrogen-bond acceptors (Lipinski definition) is 4. The summed E-state index contributed by atoms with van der Waals surface area (Å²) in [6.07, 6.45) is 0. The van der Waals surface area contributed by atoms with Crippen LogP contribution < -0.4 is 19.5 Å². The Morgan fingerprint density at radius 3 is 2.24 bits per heavy atom. The number of ether oxygens (including phenoxy) is 3. The highest BCUT2D eigenvalue weighted by molar-refractivity contribution is 9.10. The first-order chi connectivity index (χ1) is 16.1. The van der Waals surface area contributed by atoms with Gasteiger partial charge in [0.15, 0.2) is 11.5 Å². The van der Waals surface area contributed by atoms with E-state index in [0.29, 0.717) is 40.9 Å². The van der Waals surface area contributed by atoms with E-state index in [1.807, 2.05) is 60.7 Å². The number of methoxy groups -OCH3 is 1. The van der Waals surface area contributed by atoms with E-state index in [2.05, 4.69) is 21.2 Å². The summed E-state index contributed by atoms with van der Waals surface area (Å²) in [6, 6.07) is 29.8. The van der Waals surface area contributed by atoms with Gasteiger partial charge in [0, 0.05) is 10.2 Å². The summed E-state index contributed by atoms with van der Waals surface area (Å²) in [5, 5.41) is 2.92. The summed E-state index contributed by atoms with van der Waals surface area (Å²) in [6.45, 7) is 0.373. The maximum atomic E-state index is 13.0. The van der Waals surface area contributed by atoms with Crippen molar-refractivity contribution in [3.8, 4) is 23.0 Å². The van der Waals surface area contributed by atoms with Crippen LogP contribution >= 0.6 is 15.9 Å². The fourth-order valence-electron chi connectivity index (χ4n) is 3.18.